The van der Waals surface area contributed by atoms with Crippen molar-refractivity contribution in [2.45, 2.75) is 32.4 Å². The van der Waals surface area contributed by atoms with E-state index in [1.54, 1.807) is 21.1 Å². The molecule has 26 heavy (non-hydrogen) atoms. The third-order valence-electron chi connectivity index (χ3n) is 4.72. The molecular formula is C20H24N2O3S. The number of carbonyl (C=O) groups is 2. The Balaban J connectivity index is 1.69. The lowest BCUT2D eigenvalue weighted by molar-refractivity contribution is -0.164. The van der Waals surface area contributed by atoms with Crippen molar-refractivity contribution >= 4 is 23.2 Å². The molecule has 1 aliphatic heterocycles. The number of thiophene rings is 1. The molecule has 5 nitrogen and oxygen atoms in total. The lowest BCUT2D eigenvalue weighted by atomic mass is 9.92. The molecule has 138 valence electrons. The Morgan fingerprint density at radius 1 is 1.19 bits per heavy atom. The number of carbonyl (C=O) groups excluding carboxylic acids is 2. The van der Waals surface area contributed by atoms with E-state index < -0.39 is 6.10 Å². The number of amides is 2. The molecule has 0 spiro atoms. The van der Waals surface area contributed by atoms with Crippen LogP contribution >= 0.6 is 11.3 Å². The first-order valence-corrected chi connectivity index (χ1v) is 9.92. The molecule has 0 bridgehead atoms. The molecular weight excluding hydrogens is 348 g/mol. The van der Waals surface area contributed by atoms with Gasteiger partial charge in [-0.3, -0.25) is 9.59 Å². The van der Waals surface area contributed by atoms with Crippen molar-refractivity contribution in [1.82, 2.24) is 9.80 Å². The SMILES string of the molecule is CCN(CC)C(=O)CCN1C(=O)[C@H](Oc2ccccc2)[C@H]1c1ccsc1. The van der Waals surface area contributed by atoms with E-state index in [2.05, 4.69) is 0 Å². The molecule has 0 radical (unpaired) electrons. The third-order valence-corrected chi connectivity index (χ3v) is 5.42. The van der Waals surface area contributed by atoms with Crippen LogP contribution in [0.25, 0.3) is 0 Å². The predicted molar refractivity (Wildman–Crippen MR) is 102 cm³/mol. The lowest BCUT2D eigenvalue weighted by Crippen LogP contribution is -2.61. The van der Waals surface area contributed by atoms with E-state index in [4.69, 9.17) is 4.74 Å². The maximum absolute atomic E-state index is 12.7. The van der Waals surface area contributed by atoms with Gasteiger partial charge in [0.1, 0.15) is 11.8 Å². The van der Waals surface area contributed by atoms with Crippen LogP contribution in [0, 0.1) is 0 Å². The maximum Gasteiger partial charge on any atom is 0.266 e. The van der Waals surface area contributed by atoms with E-state index in [0.29, 0.717) is 31.8 Å². The molecule has 1 aromatic carbocycles. The highest BCUT2D eigenvalue weighted by Gasteiger charge is 2.50. The molecule has 2 aromatic rings. The van der Waals surface area contributed by atoms with Crippen LogP contribution in [-0.2, 0) is 9.59 Å². The van der Waals surface area contributed by atoms with E-state index in [-0.39, 0.29) is 17.9 Å². The molecule has 1 fully saturated rings. The highest BCUT2D eigenvalue weighted by atomic mass is 32.1. The number of likely N-dealkylation sites (tertiary alicyclic amines) is 1. The standard InChI is InChI=1S/C20H24N2O3S/c1-3-21(4-2)17(23)10-12-22-18(15-11-13-26-14-15)19(20(22)24)25-16-8-6-5-7-9-16/h5-9,11,13-14,18-19H,3-4,10,12H2,1-2H3/t18-,19-/m1/s1. The van der Waals surface area contributed by atoms with Gasteiger partial charge in [0.15, 0.2) is 0 Å². The van der Waals surface area contributed by atoms with Gasteiger partial charge >= 0.3 is 0 Å². The van der Waals surface area contributed by atoms with Gasteiger partial charge in [-0.2, -0.15) is 11.3 Å². The first-order chi connectivity index (χ1) is 12.7. The number of hydrogen-bond acceptors (Lipinski definition) is 4. The first kappa shape index (κ1) is 18.5. The summed E-state index contributed by atoms with van der Waals surface area (Å²) < 4.78 is 5.94. The van der Waals surface area contributed by atoms with Crippen molar-refractivity contribution in [3.05, 3.63) is 52.7 Å². The van der Waals surface area contributed by atoms with Crippen LogP contribution in [0.2, 0.25) is 0 Å². The van der Waals surface area contributed by atoms with Crippen molar-refractivity contribution in [1.29, 1.82) is 0 Å². The summed E-state index contributed by atoms with van der Waals surface area (Å²) in [4.78, 5) is 28.5. The largest absolute Gasteiger partial charge is 0.478 e. The number of benzene rings is 1. The summed E-state index contributed by atoms with van der Waals surface area (Å²) in [5, 5.41) is 4.04. The normalized spacial score (nSPS) is 19.2. The fourth-order valence-electron chi connectivity index (χ4n) is 3.28. The fourth-order valence-corrected chi connectivity index (χ4v) is 3.96. The summed E-state index contributed by atoms with van der Waals surface area (Å²) in [6.45, 7) is 5.74. The van der Waals surface area contributed by atoms with Gasteiger partial charge in [-0.05, 0) is 48.4 Å². The topological polar surface area (TPSA) is 49.9 Å². The Morgan fingerprint density at radius 3 is 2.54 bits per heavy atom. The van der Waals surface area contributed by atoms with Gasteiger partial charge in [-0.1, -0.05) is 18.2 Å². The number of ether oxygens (including phenoxy) is 1. The molecule has 1 aromatic heterocycles. The van der Waals surface area contributed by atoms with Gasteiger partial charge in [-0.25, -0.2) is 0 Å². The quantitative estimate of drug-likeness (QED) is 0.668. The summed E-state index contributed by atoms with van der Waals surface area (Å²) >= 11 is 1.60. The van der Waals surface area contributed by atoms with E-state index in [0.717, 1.165) is 5.56 Å². The minimum absolute atomic E-state index is 0.0580. The molecule has 1 saturated heterocycles. The van der Waals surface area contributed by atoms with Crippen LogP contribution in [0.5, 0.6) is 5.75 Å². The molecule has 6 heteroatoms. The van der Waals surface area contributed by atoms with Crippen molar-refractivity contribution in [3.63, 3.8) is 0 Å². The summed E-state index contributed by atoms with van der Waals surface area (Å²) in [7, 11) is 0. The second kappa shape index (κ2) is 8.36. The smallest absolute Gasteiger partial charge is 0.266 e. The second-order valence-corrected chi connectivity index (χ2v) is 6.98. The number of para-hydroxylation sites is 1. The van der Waals surface area contributed by atoms with Gasteiger partial charge < -0.3 is 14.5 Å². The van der Waals surface area contributed by atoms with E-state index >= 15 is 0 Å². The molecule has 1 aliphatic rings. The monoisotopic (exact) mass is 372 g/mol. The van der Waals surface area contributed by atoms with Gasteiger partial charge in [0.05, 0.1) is 0 Å². The summed E-state index contributed by atoms with van der Waals surface area (Å²) in [6, 6.07) is 11.3. The average Bonchev–Trinajstić information content (AvgIpc) is 3.18. The molecule has 2 heterocycles. The Kier molecular flexibility index (Phi) is 5.93. The van der Waals surface area contributed by atoms with Gasteiger partial charge in [-0.15, -0.1) is 0 Å². The molecule has 0 N–H and O–H groups in total. The molecule has 2 amide bonds. The molecule has 0 aliphatic carbocycles. The fraction of sp³-hybridized carbons (Fsp3) is 0.400. The number of rotatable bonds is 8. The summed E-state index contributed by atoms with van der Waals surface area (Å²) in [6.07, 6.45) is -0.192. The molecule has 0 unspecified atom stereocenters. The molecule has 2 atom stereocenters. The minimum Gasteiger partial charge on any atom is -0.478 e. The zero-order valence-electron chi connectivity index (χ0n) is 15.1. The van der Waals surface area contributed by atoms with Crippen molar-refractivity contribution in [3.8, 4) is 5.75 Å². The Bertz CT molecular complexity index is 729. The van der Waals surface area contributed by atoms with E-state index in [9.17, 15) is 9.59 Å². The highest BCUT2D eigenvalue weighted by Crippen LogP contribution is 2.38. The summed E-state index contributed by atoms with van der Waals surface area (Å²) in [5.41, 5.74) is 1.06. The van der Waals surface area contributed by atoms with Gasteiger partial charge in [0.25, 0.3) is 5.91 Å². The van der Waals surface area contributed by atoms with Crippen molar-refractivity contribution < 1.29 is 14.3 Å². The van der Waals surface area contributed by atoms with Gasteiger partial charge in [0, 0.05) is 26.1 Å². The molecule has 0 saturated carbocycles. The number of β-lactam (4-membered cyclic amide) rings is 1. The van der Waals surface area contributed by atoms with Crippen molar-refractivity contribution in [2.75, 3.05) is 19.6 Å². The Hall–Kier alpha value is -2.34. The average molecular weight is 372 g/mol. The van der Waals surface area contributed by atoms with E-state index in [1.165, 1.54) is 0 Å². The van der Waals surface area contributed by atoms with E-state index in [1.807, 2.05) is 61.0 Å². The summed E-state index contributed by atoms with van der Waals surface area (Å²) in [5.74, 6) is 0.710. The van der Waals surface area contributed by atoms with Crippen LogP contribution in [0.3, 0.4) is 0 Å². The van der Waals surface area contributed by atoms with Crippen LogP contribution in [0.4, 0.5) is 0 Å². The Labute approximate surface area is 158 Å². The zero-order chi connectivity index (χ0) is 18.5. The third kappa shape index (κ3) is 3.75. The Morgan fingerprint density at radius 2 is 1.92 bits per heavy atom. The highest BCUT2D eigenvalue weighted by molar-refractivity contribution is 7.08. The van der Waals surface area contributed by atoms with Gasteiger partial charge in [0.2, 0.25) is 12.0 Å². The second-order valence-electron chi connectivity index (χ2n) is 6.20. The number of nitrogens with zero attached hydrogens (tertiary/aromatic N) is 2. The van der Waals surface area contributed by atoms with Crippen LogP contribution in [0.15, 0.2) is 47.2 Å². The number of hydrogen-bond donors (Lipinski definition) is 0. The zero-order valence-corrected chi connectivity index (χ0v) is 15.9. The van der Waals surface area contributed by atoms with Crippen LogP contribution < -0.4 is 4.74 Å². The molecule has 3 rings (SSSR count). The minimum atomic E-state index is -0.532. The maximum atomic E-state index is 12.7. The van der Waals surface area contributed by atoms with Crippen molar-refractivity contribution in [2.24, 2.45) is 0 Å². The lowest BCUT2D eigenvalue weighted by Gasteiger charge is -2.46. The van der Waals surface area contributed by atoms with Crippen LogP contribution in [0.1, 0.15) is 31.9 Å². The first-order valence-electron chi connectivity index (χ1n) is 8.97. The predicted octanol–water partition coefficient (Wildman–Crippen LogP) is 3.34. The van der Waals surface area contributed by atoms with Crippen LogP contribution in [-0.4, -0.2) is 47.4 Å².